The average molecular weight is 242 g/mol. The normalized spacial score (nSPS) is 24.6. The third kappa shape index (κ3) is 4.28. The van der Waals surface area contributed by atoms with E-state index in [0.29, 0.717) is 19.1 Å². The van der Waals surface area contributed by atoms with Crippen LogP contribution in [-0.2, 0) is 9.53 Å². The molecule has 0 radical (unpaired) electrons. The topological polar surface area (TPSA) is 41.6 Å². The summed E-state index contributed by atoms with van der Waals surface area (Å²) in [5.74, 6) is 0.939. The van der Waals surface area contributed by atoms with Gasteiger partial charge in [0.05, 0.1) is 12.6 Å². The van der Waals surface area contributed by atoms with Crippen molar-refractivity contribution in [2.24, 2.45) is 5.92 Å². The molecule has 0 aliphatic carbocycles. The second-order valence-corrected chi connectivity index (χ2v) is 4.72. The number of hydrogen-bond acceptors (Lipinski definition) is 3. The third-order valence-corrected chi connectivity index (χ3v) is 3.65. The highest BCUT2D eigenvalue weighted by Gasteiger charge is 2.28. The minimum absolute atomic E-state index is 0.0190. The number of nitrogens with one attached hydrogen (secondary N) is 1. The minimum atomic E-state index is 0.0190. The smallest absolute Gasteiger partial charge is 0.239 e. The van der Waals surface area contributed by atoms with Crippen molar-refractivity contribution in [3.63, 3.8) is 0 Å². The monoisotopic (exact) mass is 242 g/mol. The van der Waals surface area contributed by atoms with Crippen molar-refractivity contribution in [2.75, 3.05) is 33.4 Å². The fourth-order valence-electron chi connectivity index (χ4n) is 2.40. The zero-order valence-electron chi connectivity index (χ0n) is 11.4. The molecule has 2 atom stereocenters. The van der Waals surface area contributed by atoms with E-state index in [0.717, 1.165) is 19.5 Å². The number of methoxy groups -OCH3 is 1. The summed E-state index contributed by atoms with van der Waals surface area (Å²) >= 11 is 0. The molecule has 0 aromatic carbocycles. The van der Waals surface area contributed by atoms with Gasteiger partial charge in [0.15, 0.2) is 0 Å². The molecule has 0 bridgehead atoms. The zero-order valence-corrected chi connectivity index (χ0v) is 11.4. The number of nitrogens with zero attached hydrogens (tertiary/aromatic N) is 1. The summed E-state index contributed by atoms with van der Waals surface area (Å²) in [6.45, 7) is 7.27. The molecule has 0 spiro atoms. The lowest BCUT2D eigenvalue weighted by atomic mass is 9.90. The van der Waals surface area contributed by atoms with Crippen LogP contribution in [0.25, 0.3) is 0 Å². The van der Waals surface area contributed by atoms with Crippen LogP contribution < -0.4 is 5.32 Å². The molecule has 1 aliphatic rings. The predicted octanol–water partition coefficient (Wildman–Crippen LogP) is 1.26. The number of ether oxygens (including phenoxy) is 1. The summed E-state index contributed by atoms with van der Waals surface area (Å²) in [6.07, 6.45) is 3.36. The lowest BCUT2D eigenvalue weighted by Gasteiger charge is -2.32. The van der Waals surface area contributed by atoms with Crippen LogP contribution in [0.4, 0.5) is 0 Å². The van der Waals surface area contributed by atoms with Gasteiger partial charge in [-0.2, -0.15) is 0 Å². The minimum Gasteiger partial charge on any atom is -0.383 e. The summed E-state index contributed by atoms with van der Waals surface area (Å²) in [6, 6.07) is 0.0190. The first-order valence-electron chi connectivity index (χ1n) is 6.74. The van der Waals surface area contributed by atoms with Crippen LogP contribution in [0.5, 0.6) is 0 Å². The summed E-state index contributed by atoms with van der Waals surface area (Å²) in [5.41, 5.74) is 0. The second-order valence-electron chi connectivity index (χ2n) is 4.72. The van der Waals surface area contributed by atoms with Gasteiger partial charge in [-0.3, -0.25) is 4.79 Å². The van der Waals surface area contributed by atoms with Gasteiger partial charge in [0.25, 0.3) is 0 Å². The summed E-state index contributed by atoms with van der Waals surface area (Å²) < 4.78 is 5.04. The van der Waals surface area contributed by atoms with Gasteiger partial charge < -0.3 is 15.0 Å². The molecule has 4 heteroatoms. The molecule has 1 amide bonds. The summed E-state index contributed by atoms with van der Waals surface area (Å²) in [7, 11) is 1.67. The van der Waals surface area contributed by atoms with Crippen molar-refractivity contribution < 1.29 is 9.53 Å². The van der Waals surface area contributed by atoms with E-state index in [9.17, 15) is 4.79 Å². The second kappa shape index (κ2) is 7.67. The Morgan fingerprint density at radius 3 is 2.82 bits per heavy atom. The molecule has 1 saturated heterocycles. The molecule has 2 unspecified atom stereocenters. The fraction of sp³-hybridized carbons (Fsp3) is 0.923. The number of hydrogen-bond donors (Lipinski definition) is 1. The molecule has 100 valence electrons. The Balaban J connectivity index is 2.48. The maximum Gasteiger partial charge on any atom is 0.239 e. The highest BCUT2D eigenvalue weighted by molar-refractivity contribution is 5.82. The van der Waals surface area contributed by atoms with E-state index in [4.69, 9.17) is 4.74 Å². The maximum atomic E-state index is 12.3. The van der Waals surface area contributed by atoms with Gasteiger partial charge >= 0.3 is 0 Å². The van der Waals surface area contributed by atoms with Crippen molar-refractivity contribution in [1.82, 2.24) is 10.2 Å². The molecule has 0 aromatic heterocycles. The molecule has 1 aliphatic heterocycles. The van der Waals surface area contributed by atoms with Crippen molar-refractivity contribution in [1.29, 1.82) is 0 Å². The number of piperidine rings is 1. The Bertz CT molecular complexity index is 233. The van der Waals surface area contributed by atoms with E-state index in [1.165, 1.54) is 12.8 Å². The average Bonchev–Trinajstić information content (AvgIpc) is 2.39. The molecule has 0 saturated carbocycles. The standard InChI is InChI=1S/C13H26N2O2/c1-4-11-6-7-14-12(10-11)13(16)15(5-2)8-9-17-3/h11-12,14H,4-10H2,1-3H3. The molecule has 1 rings (SSSR count). The van der Waals surface area contributed by atoms with Crippen LogP contribution in [0.2, 0.25) is 0 Å². The molecular weight excluding hydrogens is 216 g/mol. The highest BCUT2D eigenvalue weighted by atomic mass is 16.5. The third-order valence-electron chi connectivity index (χ3n) is 3.65. The first kappa shape index (κ1) is 14.5. The van der Waals surface area contributed by atoms with Crippen LogP contribution in [0.15, 0.2) is 0 Å². The highest BCUT2D eigenvalue weighted by Crippen LogP contribution is 2.20. The number of amides is 1. The van der Waals surface area contributed by atoms with E-state index in [-0.39, 0.29) is 11.9 Å². The van der Waals surface area contributed by atoms with Gasteiger partial charge in [0, 0.05) is 20.2 Å². The van der Waals surface area contributed by atoms with Gasteiger partial charge in [-0.1, -0.05) is 13.3 Å². The first-order valence-corrected chi connectivity index (χ1v) is 6.74. The Kier molecular flexibility index (Phi) is 6.52. The Labute approximate surface area is 105 Å². The van der Waals surface area contributed by atoms with E-state index in [1.54, 1.807) is 7.11 Å². The molecule has 1 N–H and O–H groups in total. The first-order chi connectivity index (χ1) is 8.22. The van der Waals surface area contributed by atoms with Gasteiger partial charge in [-0.25, -0.2) is 0 Å². The van der Waals surface area contributed by atoms with Gasteiger partial charge in [-0.15, -0.1) is 0 Å². The van der Waals surface area contributed by atoms with Crippen LogP contribution in [0.3, 0.4) is 0 Å². The number of carbonyl (C=O) groups is 1. The number of carbonyl (C=O) groups excluding carboxylic acids is 1. The SMILES string of the molecule is CCC1CCNC(C(=O)N(CC)CCOC)C1. The van der Waals surface area contributed by atoms with Crippen molar-refractivity contribution in [2.45, 2.75) is 39.2 Å². The van der Waals surface area contributed by atoms with Gasteiger partial charge in [0.1, 0.15) is 0 Å². The van der Waals surface area contributed by atoms with Crippen LogP contribution >= 0.6 is 0 Å². The lowest BCUT2D eigenvalue weighted by Crippen LogP contribution is -2.50. The van der Waals surface area contributed by atoms with Crippen LogP contribution in [-0.4, -0.2) is 50.2 Å². The van der Waals surface area contributed by atoms with Gasteiger partial charge in [-0.05, 0) is 32.2 Å². The fourth-order valence-corrected chi connectivity index (χ4v) is 2.40. The largest absolute Gasteiger partial charge is 0.383 e. The molecular formula is C13H26N2O2. The van der Waals surface area contributed by atoms with Crippen LogP contribution in [0, 0.1) is 5.92 Å². The lowest BCUT2D eigenvalue weighted by molar-refractivity contribution is -0.134. The number of likely N-dealkylation sites (N-methyl/N-ethyl adjacent to an activating group) is 1. The molecule has 1 heterocycles. The Hall–Kier alpha value is -0.610. The molecule has 4 nitrogen and oxygen atoms in total. The predicted molar refractivity (Wildman–Crippen MR) is 68.9 cm³/mol. The number of rotatable bonds is 6. The van der Waals surface area contributed by atoms with Gasteiger partial charge in [0.2, 0.25) is 5.91 Å². The van der Waals surface area contributed by atoms with E-state index in [1.807, 2.05) is 11.8 Å². The molecule has 1 fully saturated rings. The zero-order chi connectivity index (χ0) is 12.7. The Morgan fingerprint density at radius 1 is 1.47 bits per heavy atom. The van der Waals surface area contributed by atoms with Crippen molar-refractivity contribution in [3.8, 4) is 0 Å². The van der Waals surface area contributed by atoms with E-state index < -0.39 is 0 Å². The summed E-state index contributed by atoms with van der Waals surface area (Å²) in [5, 5.41) is 3.34. The van der Waals surface area contributed by atoms with E-state index in [2.05, 4.69) is 12.2 Å². The van der Waals surface area contributed by atoms with Crippen molar-refractivity contribution >= 4 is 5.91 Å². The molecule has 0 aromatic rings. The maximum absolute atomic E-state index is 12.3. The van der Waals surface area contributed by atoms with Crippen molar-refractivity contribution in [3.05, 3.63) is 0 Å². The van der Waals surface area contributed by atoms with Crippen LogP contribution in [0.1, 0.15) is 33.1 Å². The Morgan fingerprint density at radius 2 is 2.24 bits per heavy atom. The molecule has 17 heavy (non-hydrogen) atoms. The van der Waals surface area contributed by atoms with E-state index >= 15 is 0 Å². The quantitative estimate of drug-likeness (QED) is 0.762. The summed E-state index contributed by atoms with van der Waals surface area (Å²) in [4.78, 5) is 14.2.